The van der Waals surface area contributed by atoms with Gasteiger partial charge in [0, 0.05) is 6.04 Å². The van der Waals surface area contributed by atoms with Crippen molar-refractivity contribution in [3.05, 3.63) is 65.5 Å². The first kappa shape index (κ1) is 14.5. The molecule has 0 saturated carbocycles. The van der Waals surface area contributed by atoms with E-state index in [-0.39, 0.29) is 11.9 Å². The van der Waals surface area contributed by atoms with E-state index in [9.17, 15) is 4.39 Å². The van der Waals surface area contributed by atoms with Gasteiger partial charge in [-0.15, -0.1) is 0 Å². The van der Waals surface area contributed by atoms with Crippen molar-refractivity contribution in [3.63, 3.8) is 0 Å². The third-order valence-corrected chi connectivity index (χ3v) is 3.52. The molecule has 0 aliphatic rings. The van der Waals surface area contributed by atoms with Crippen LogP contribution in [0.2, 0.25) is 0 Å². The van der Waals surface area contributed by atoms with Crippen LogP contribution in [0.3, 0.4) is 0 Å². The normalized spacial score (nSPS) is 12.2. The van der Waals surface area contributed by atoms with Crippen LogP contribution in [0.5, 0.6) is 5.75 Å². The number of hydrogen-bond donors (Lipinski definition) is 1. The summed E-state index contributed by atoms with van der Waals surface area (Å²) < 4.78 is 19.1. The quantitative estimate of drug-likeness (QED) is 0.866. The summed E-state index contributed by atoms with van der Waals surface area (Å²) in [7, 11) is 3.42. The molecule has 0 aliphatic carbocycles. The molecule has 0 fully saturated rings. The van der Waals surface area contributed by atoms with Gasteiger partial charge in [-0.2, -0.15) is 0 Å². The highest BCUT2D eigenvalue weighted by atomic mass is 19.1. The molecule has 0 aromatic heterocycles. The molecule has 1 atom stereocenters. The molecule has 1 unspecified atom stereocenters. The predicted octanol–water partition coefficient (Wildman–Crippen LogP) is 3.73. The van der Waals surface area contributed by atoms with E-state index in [2.05, 4.69) is 17.4 Å². The van der Waals surface area contributed by atoms with Crippen LogP contribution >= 0.6 is 0 Å². The molecule has 0 heterocycles. The van der Waals surface area contributed by atoms with Gasteiger partial charge < -0.3 is 10.1 Å². The molecule has 106 valence electrons. The summed E-state index contributed by atoms with van der Waals surface area (Å²) in [5.74, 6) is 0.0566. The van der Waals surface area contributed by atoms with Gasteiger partial charge in [0.15, 0.2) is 11.6 Å². The van der Waals surface area contributed by atoms with E-state index in [0.717, 1.165) is 6.42 Å². The van der Waals surface area contributed by atoms with Gasteiger partial charge in [-0.25, -0.2) is 4.39 Å². The number of aryl methyl sites for hydroxylation is 1. The zero-order chi connectivity index (χ0) is 14.4. The summed E-state index contributed by atoms with van der Waals surface area (Å²) in [6.07, 6.45) is 1.51. The van der Waals surface area contributed by atoms with Crippen LogP contribution in [0.1, 0.15) is 23.6 Å². The van der Waals surface area contributed by atoms with Gasteiger partial charge in [-0.3, -0.25) is 0 Å². The molecule has 2 rings (SSSR count). The fraction of sp³-hybridized carbons (Fsp3) is 0.294. The van der Waals surface area contributed by atoms with Crippen LogP contribution in [0.15, 0.2) is 48.5 Å². The van der Waals surface area contributed by atoms with Gasteiger partial charge in [0.2, 0.25) is 0 Å². The van der Waals surface area contributed by atoms with E-state index >= 15 is 0 Å². The second-order valence-corrected chi connectivity index (χ2v) is 4.72. The Kier molecular flexibility index (Phi) is 5.13. The monoisotopic (exact) mass is 273 g/mol. The number of hydrogen-bond acceptors (Lipinski definition) is 2. The highest BCUT2D eigenvalue weighted by molar-refractivity contribution is 5.31. The Bertz CT molecular complexity index is 542. The van der Waals surface area contributed by atoms with Crippen molar-refractivity contribution in [2.75, 3.05) is 14.2 Å². The number of halogens is 1. The van der Waals surface area contributed by atoms with Crippen molar-refractivity contribution in [2.45, 2.75) is 18.9 Å². The SMILES string of the molecule is CNC(CCc1cccc(OC)c1F)c1ccccc1. The smallest absolute Gasteiger partial charge is 0.168 e. The average molecular weight is 273 g/mol. The third-order valence-electron chi connectivity index (χ3n) is 3.52. The van der Waals surface area contributed by atoms with Crippen LogP contribution in [0, 0.1) is 5.82 Å². The molecule has 0 aliphatic heterocycles. The second-order valence-electron chi connectivity index (χ2n) is 4.72. The Hall–Kier alpha value is -1.87. The van der Waals surface area contributed by atoms with Crippen molar-refractivity contribution in [1.82, 2.24) is 5.32 Å². The van der Waals surface area contributed by atoms with Crippen molar-refractivity contribution >= 4 is 0 Å². The van der Waals surface area contributed by atoms with Gasteiger partial charge in [-0.05, 0) is 37.1 Å². The molecule has 0 saturated heterocycles. The first-order valence-electron chi connectivity index (χ1n) is 6.80. The van der Waals surface area contributed by atoms with Crippen LogP contribution in [-0.2, 0) is 6.42 Å². The second kappa shape index (κ2) is 7.06. The van der Waals surface area contributed by atoms with Gasteiger partial charge in [0.1, 0.15) is 0 Å². The van der Waals surface area contributed by atoms with E-state index in [1.165, 1.54) is 12.7 Å². The maximum absolute atomic E-state index is 14.1. The zero-order valence-corrected chi connectivity index (χ0v) is 11.9. The number of methoxy groups -OCH3 is 1. The topological polar surface area (TPSA) is 21.3 Å². The molecular weight excluding hydrogens is 253 g/mol. The van der Waals surface area contributed by atoms with Crippen LogP contribution < -0.4 is 10.1 Å². The molecular formula is C17H20FNO. The molecule has 0 bridgehead atoms. The van der Waals surface area contributed by atoms with E-state index in [0.29, 0.717) is 17.7 Å². The molecule has 0 radical (unpaired) electrons. The standard InChI is InChI=1S/C17H20FNO/c1-19-15(13-7-4-3-5-8-13)12-11-14-9-6-10-16(20-2)17(14)18/h3-10,15,19H,11-12H2,1-2H3. The summed E-state index contributed by atoms with van der Waals surface area (Å²) in [5, 5.41) is 3.28. The van der Waals surface area contributed by atoms with Crippen LogP contribution in [0.25, 0.3) is 0 Å². The van der Waals surface area contributed by atoms with Crippen molar-refractivity contribution in [3.8, 4) is 5.75 Å². The van der Waals surface area contributed by atoms with Gasteiger partial charge in [-0.1, -0.05) is 42.5 Å². The van der Waals surface area contributed by atoms with Gasteiger partial charge >= 0.3 is 0 Å². The molecule has 1 N–H and O–H groups in total. The van der Waals surface area contributed by atoms with Crippen molar-refractivity contribution in [2.24, 2.45) is 0 Å². The van der Waals surface area contributed by atoms with Crippen molar-refractivity contribution in [1.29, 1.82) is 0 Å². The highest BCUT2D eigenvalue weighted by Gasteiger charge is 2.12. The molecule has 20 heavy (non-hydrogen) atoms. The minimum absolute atomic E-state index is 0.224. The lowest BCUT2D eigenvalue weighted by atomic mass is 9.99. The van der Waals surface area contributed by atoms with E-state index < -0.39 is 0 Å². The average Bonchev–Trinajstić information content (AvgIpc) is 2.50. The lowest BCUT2D eigenvalue weighted by Gasteiger charge is -2.17. The lowest BCUT2D eigenvalue weighted by Crippen LogP contribution is -2.17. The number of ether oxygens (including phenoxy) is 1. The predicted molar refractivity (Wildman–Crippen MR) is 79.5 cm³/mol. The summed E-state index contributed by atoms with van der Waals surface area (Å²) >= 11 is 0. The first-order valence-corrected chi connectivity index (χ1v) is 6.80. The van der Waals surface area contributed by atoms with E-state index in [1.807, 2.05) is 37.4 Å². The largest absolute Gasteiger partial charge is 0.494 e. The van der Waals surface area contributed by atoms with Gasteiger partial charge in [0.05, 0.1) is 7.11 Å². The summed E-state index contributed by atoms with van der Waals surface area (Å²) in [6, 6.07) is 15.7. The maximum atomic E-state index is 14.1. The summed E-state index contributed by atoms with van der Waals surface area (Å²) in [5.41, 5.74) is 1.92. The number of nitrogens with one attached hydrogen (secondary N) is 1. The first-order chi connectivity index (χ1) is 9.76. The Morgan fingerprint density at radius 2 is 1.85 bits per heavy atom. The fourth-order valence-corrected chi connectivity index (χ4v) is 2.37. The minimum Gasteiger partial charge on any atom is -0.494 e. The molecule has 3 heteroatoms. The maximum Gasteiger partial charge on any atom is 0.168 e. The third kappa shape index (κ3) is 3.36. The molecule has 0 spiro atoms. The molecule has 0 amide bonds. The van der Waals surface area contributed by atoms with Crippen LogP contribution in [0.4, 0.5) is 4.39 Å². The van der Waals surface area contributed by atoms with Crippen LogP contribution in [-0.4, -0.2) is 14.2 Å². The van der Waals surface area contributed by atoms with Crippen molar-refractivity contribution < 1.29 is 9.13 Å². The van der Waals surface area contributed by atoms with E-state index in [4.69, 9.17) is 4.74 Å². The summed E-state index contributed by atoms with van der Waals surface area (Å²) in [4.78, 5) is 0. The minimum atomic E-state index is -0.252. The Morgan fingerprint density at radius 3 is 2.50 bits per heavy atom. The number of rotatable bonds is 6. The van der Waals surface area contributed by atoms with E-state index in [1.54, 1.807) is 6.07 Å². The Balaban J connectivity index is 2.08. The molecule has 2 aromatic rings. The molecule has 2 aromatic carbocycles. The highest BCUT2D eigenvalue weighted by Crippen LogP contribution is 2.24. The summed E-state index contributed by atoms with van der Waals surface area (Å²) in [6.45, 7) is 0. The molecule has 2 nitrogen and oxygen atoms in total. The Labute approximate surface area is 119 Å². The number of benzene rings is 2. The lowest BCUT2D eigenvalue weighted by molar-refractivity contribution is 0.383. The van der Waals surface area contributed by atoms with Gasteiger partial charge in [0.25, 0.3) is 0 Å². The fourth-order valence-electron chi connectivity index (χ4n) is 2.37. The Morgan fingerprint density at radius 1 is 1.10 bits per heavy atom. The zero-order valence-electron chi connectivity index (χ0n) is 11.9.